The van der Waals surface area contributed by atoms with E-state index in [0.717, 1.165) is 89.9 Å². The third-order valence-electron chi connectivity index (χ3n) is 13.1. The van der Waals surface area contributed by atoms with E-state index in [0.29, 0.717) is 19.4 Å². The zero-order chi connectivity index (χ0) is 47.9. The molecule has 2 unspecified atom stereocenters. The summed E-state index contributed by atoms with van der Waals surface area (Å²) in [5.41, 5.74) is 0. The first-order valence-electron chi connectivity index (χ1n) is 28.9. The predicted octanol–water partition coefficient (Wildman–Crippen LogP) is 17.8. The topological polar surface area (TPSA) is 95.9 Å². The van der Waals surface area contributed by atoms with Crippen molar-refractivity contribution in [2.45, 2.75) is 309 Å². The number of hydrogen-bond donors (Lipinski definition) is 3. The highest BCUT2D eigenvalue weighted by atomic mass is 16.5. The van der Waals surface area contributed by atoms with Crippen LogP contribution in [0.15, 0.2) is 48.6 Å². The van der Waals surface area contributed by atoms with Crippen LogP contribution in [0, 0.1) is 0 Å². The largest absolute Gasteiger partial charge is 0.466 e. The normalized spacial score (nSPS) is 13.0. The average molecular weight is 927 g/mol. The summed E-state index contributed by atoms with van der Waals surface area (Å²) in [6.45, 7) is 4.77. The van der Waals surface area contributed by atoms with Crippen LogP contribution in [0.2, 0.25) is 0 Å². The predicted molar refractivity (Wildman–Crippen MR) is 287 cm³/mol. The number of aliphatic hydroxyl groups excluding tert-OH is 2. The Hall–Kier alpha value is -2.18. The Morgan fingerprint density at radius 3 is 1.21 bits per heavy atom. The van der Waals surface area contributed by atoms with Gasteiger partial charge in [-0.25, -0.2) is 0 Å². The van der Waals surface area contributed by atoms with E-state index in [4.69, 9.17) is 4.74 Å². The number of esters is 1. The smallest absolute Gasteiger partial charge is 0.305 e. The van der Waals surface area contributed by atoms with Gasteiger partial charge in [0.15, 0.2) is 0 Å². The Morgan fingerprint density at radius 2 is 0.773 bits per heavy atom. The first kappa shape index (κ1) is 63.8. The first-order valence-corrected chi connectivity index (χ1v) is 28.9. The van der Waals surface area contributed by atoms with Gasteiger partial charge in [-0.2, -0.15) is 0 Å². The second-order valence-electron chi connectivity index (χ2n) is 19.6. The lowest BCUT2D eigenvalue weighted by Crippen LogP contribution is -2.45. The minimum Gasteiger partial charge on any atom is -0.466 e. The summed E-state index contributed by atoms with van der Waals surface area (Å²) in [5, 5.41) is 23.2. The SMILES string of the molecule is CCCC/C=C\C/C=C\CCCCCCCC(=O)OCCCC/C=C\CCCCCCC(=O)NC(CO)C(O)/C=C/CCCCCCCCCCCCCCCCCCCCCCCCC. The van der Waals surface area contributed by atoms with Crippen molar-refractivity contribution >= 4 is 11.9 Å². The van der Waals surface area contributed by atoms with Crippen molar-refractivity contribution in [3.8, 4) is 0 Å². The fourth-order valence-electron chi connectivity index (χ4n) is 8.59. The van der Waals surface area contributed by atoms with Crippen LogP contribution in [0.25, 0.3) is 0 Å². The third kappa shape index (κ3) is 51.2. The third-order valence-corrected chi connectivity index (χ3v) is 13.1. The molecule has 0 bridgehead atoms. The number of nitrogens with one attached hydrogen (secondary N) is 1. The van der Waals surface area contributed by atoms with E-state index in [-0.39, 0.29) is 18.5 Å². The van der Waals surface area contributed by atoms with E-state index < -0.39 is 12.1 Å². The van der Waals surface area contributed by atoms with Gasteiger partial charge in [-0.3, -0.25) is 9.59 Å². The number of rotatable bonds is 53. The molecule has 0 aliphatic carbocycles. The van der Waals surface area contributed by atoms with Gasteiger partial charge < -0.3 is 20.3 Å². The number of allylic oxidation sites excluding steroid dienone is 7. The number of ether oxygens (including phenoxy) is 1. The molecule has 0 aliphatic rings. The molecular formula is C60H111NO5. The molecule has 386 valence electrons. The highest BCUT2D eigenvalue weighted by molar-refractivity contribution is 5.76. The molecule has 0 saturated carbocycles. The summed E-state index contributed by atoms with van der Waals surface area (Å²) < 4.78 is 5.42. The Morgan fingerprint density at radius 1 is 0.424 bits per heavy atom. The molecular weight excluding hydrogens is 815 g/mol. The van der Waals surface area contributed by atoms with Crippen molar-refractivity contribution in [3.05, 3.63) is 48.6 Å². The van der Waals surface area contributed by atoms with Crippen LogP contribution in [0.5, 0.6) is 0 Å². The van der Waals surface area contributed by atoms with Crippen molar-refractivity contribution in [2.24, 2.45) is 0 Å². The Bertz CT molecular complexity index is 1110. The summed E-state index contributed by atoms with van der Waals surface area (Å²) in [5.74, 6) is -0.157. The van der Waals surface area contributed by atoms with Crippen LogP contribution in [0.1, 0.15) is 296 Å². The van der Waals surface area contributed by atoms with Crippen molar-refractivity contribution in [3.63, 3.8) is 0 Å². The van der Waals surface area contributed by atoms with E-state index in [1.54, 1.807) is 6.08 Å². The molecule has 0 aliphatic heterocycles. The maximum atomic E-state index is 12.5. The zero-order valence-electron chi connectivity index (χ0n) is 43.9. The quantitative estimate of drug-likeness (QED) is 0.0321. The van der Waals surface area contributed by atoms with Crippen molar-refractivity contribution < 1.29 is 24.5 Å². The van der Waals surface area contributed by atoms with Crippen LogP contribution in [-0.2, 0) is 14.3 Å². The number of aliphatic hydroxyl groups is 2. The molecule has 0 aromatic heterocycles. The fourth-order valence-corrected chi connectivity index (χ4v) is 8.59. The Labute approximate surface area is 410 Å². The second kappa shape index (κ2) is 55.4. The van der Waals surface area contributed by atoms with Gasteiger partial charge in [-0.1, -0.05) is 249 Å². The van der Waals surface area contributed by atoms with Gasteiger partial charge in [-0.15, -0.1) is 0 Å². The summed E-state index contributed by atoms with van der Waals surface area (Å²) in [4.78, 5) is 24.5. The van der Waals surface area contributed by atoms with E-state index in [9.17, 15) is 19.8 Å². The lowest BCUT2D eigenvalue weighted by atomic mass is 10.0. The minimum atomic E-state index is -0.869. The van der Waals surface area contributed by atoms with Crippen LogP contribution in [0.4, 0.5) is 0 Å². The molecule has 1 amide bonds. The van der Waals surface area contributed by atoms with Gasteiger partial charge in [-0.05, 0) is 83.5 Å². The monoisotopic (exact) mass is 926 g/mol. The molecule has 0 spiro atoms. The van der Waals surface area contributed by atoms with Crippen molar-refractivity contribution in [2.75, 3.05) is 13.2 Å². The van der Waals surface area contributed by atoms with E-state index >= 15 is 0 Å². The summed E-state index contributed by atoms with van der Waals surface area (Å²) in [6, 6.07) is -0.656. The summed E-state index contributed by atoms with van der Waals surface area (Å²) >= 11 is 0. The van der Waals surface area contributed by atoms with E-state index in [2.05, 4.69) is 55.6 Å². The van der Waals surface area contributed by atoms with E-state index in [1.165, 1.54) is 180 Å². The second-order valence-corrected chi connectivity index (χ2v) is 19.6. The lowest BCUT2D eigenvalue weighted by Gasteiger charge is -2.20. The first-order chi connectivity index (χ1) is 32.5. The van der Waals surface area contributed by atoms with Gasteiger partial charge in [0.05, 0.1) is 25.4 Å². The molecule has 6 nitrogen and oxygen atoms in total. The molecule has 0 aromatic rings. The van der Waals surface area contributed by atoms with E-state index in [1.807, 2.05) is 6.08 Å². The van der Waals surface area contributed by atoms with Gasteiger partial charge >= 0.3 is 5.97 Å². The van der Waals surface area contributed by atoms with Gasteiger partial charge in [0, 0.05) is 12.8 Å². The van der Waals surface area contributed by atoms with Crippen LogP contribution >= 0.6 is 0 Å². The number of unbranched alkanes of at least 4 members (excludes halogenated alkanes) is 36. The molecule has 3 N–H and O–H groups in total. The molecule has 2 atom stereocenters. The molecule has 0 rings (SSSR count). The standard InChI is InChI=1S/C60H111NO5/c1-3-5-7-9-11-13-15-17-19-20-21-22-23-24-25-26-27-28-29-30-32-36-40-44-48-52-58(63)57(56-62)61-59(64)53-49-45-41-37-34-35-39-43-47-51-55-66-60(65)54-50-46-42-38-33-31-18-16-14-12-10-8-6-4-2/h10,12,16,18,35,39,48,52,57-58,62-63H,3-9,11,13-15,17,19-34,36-38,40-47,49-51,53-56H2,1-2H3,(H,61,64)/b12-10-,18-16-,39-35-,52-48+. The Balaban J connectivity index is 3.55. The van der Waals surface area contributed by atoms with Crippen molar-refractivity contribution in [1.82, 2.24) is 5.32 Å². The number of amides is 1. The van der Waals surface area contributed by atoms with Crippen molar-refractivity contribution in [1.29, 1.82) is 0 Å². The zero-order valence-corrected chi connectivity index (χ0v) is 43.9. The maximum Gasteiger partial charge on any atom is 0.305 e. The maximum absolute atomic E-state index is 12.5. The number of carbonyl (C=O) groups excluding carboxylic acids is 2. The molecule has 0 fully saturated rings. The van der Waals surface area contributed by atoms with Gasteiger partial charge in [0.2, 0.25) is 5.91 Å². The summed E-state index contributed by atoms with van der Waals surface area (Å²) in [6.07, 6.45) is 70.0. The average Bonchev–Trinajstić information content (AvgIpc) is 3.32. The van der Waals surface area contributed by atoms with Crippen LogP contribution in [-0.4, -0.2) is 47.4 Å². The molecule has 0 saturated heterocycles. The minimum absolute atomic E-state index is 0.0530. The highest BCUT2D eigenvalue weighted by Gasteiger charge is 2.18. The fraction of sp³-hybridized carbons (Fsp3) is 0.833. The Kier molecular flexibility index (Phi) is 53.6. The van der Waals surface area contributed by atoms with Crippen LogP contribution in [0.3, 0.4) is 0 Å². The number of carbonyl (C=O) groups is 2. The lowest BCUT2D eigenvalue weighted by molar-refractivity contribution is -0.143. The molecule has 0 heterocycles. The molecule has 0 aromatic carbocycles. The van der Waals surface area contributed by atoms with Crippen LogP contribution < -0.4 is 5.32 Å². The van der Waals surface area contributed by atoms with Gasteiger partial charge in [0.1, 0.15) is 0 Å². The highest BCUT2D eigenvalue weighted by Crippen LogP contribution is 2.17. The molecule has 66 heavy (non-hydrogen) atoms. The van der Waals surface area contributed by atoms with Gasteiger partial charge in [0.25, 0.3) is 0 Å². The number of hydrogen-bond acceptors (Lipinski definition) is 5. The summed E-state index contributed by atoms with van der Waals surface area (Å²) in [7, 11) is 0. The molecule has 6 heteroatoms. The molecule has 0 radical (unpaired) electrons.